The lowest BCUT2D eigenvalue weighted by Crippen LogP contribution is -2.41. The summed E-state index contributed by atoms with van der Waals surface area (Å²) in [5.74, 6) is 4.11. The molecule has 0 saturated carbocycles. The van der Waals surface area contributed by atoms with Crippen LogP contribution in [0.2, 0.25) is 0 Å². The van der Waals surface area contributed by atoms with Gasteiger partial charge in [-0.05, 0) is 44.9 Å². The lowest BCUT2D eigenvalue weighted by Gasteiger charge is -2.13. The summed E-state index contributed by atoms with van der Waals surface area (Å²) in [4.78, 5) is 4.56. The van der Waals surface area contributed by atoms with Crippen LogP contribution in [-0.4, -0.2) is 31.7 Å². The normalized spacial score (nSPS) is 11.1. The van der Waals surface area contributed by atoms with Crippen LogP contribution in [0.25, 0.3) is 0 Å². The van der Waals surface area contributed by atoms with E-state index in [2.05, 4.69) is 42.3 Å². The number of hydrogen-bond acceptors (Lipinski definition) is 2. The largest absolute Gasteiger partial charge is 0.481 e. The molecule has 0 aliphatic carbocycles. The van der Waals surface area contributed by atoms with Crippen molar-refractivity contribution >= 4 is 5.96 Å². The molecular formula is C17H25N3O. The molecule has 0 bridgehead atoms. The number of nitrogens with one attached hydrogen (secondary N) is 2. The molecule has 2 N–H and O–H groups in total. The van der Waals surface area contributed by atoms with Crippen molar-refractivity contribution < 1.29 is 4.74 Å². The second-order valence-electron chi connectivity index (χ2n) is 4.95. The average molecular weight is 287 g/mol. The molecule has 0 saturated heterocycles. The van der Waals surface area contributed by atoms with Crippen LogP contribution in [0.3, 0.4) is 0 Å². The van der Waals surface area contributed by atoms with E-state index in [1.54, 1.807) is 0 Å². The van der Waals surface area contributed by atoms with Gasteiger partial charge in [0.25, 0.3) is 0 Å². The molecule has 0 radical (unpaired) electrons. The minimum absolute atomic E-state index is 0.302. The average Bonchev–Trinajstić information content (AvgIpc) is 2.46. The monoisotopic (exact) mass is 287 g/mol. The number of hydrogen-bond donors (Lipinski definition) is 2. The minimum Gasteiger partial charge on any atom is -0.481 e. The molecule has 0 aromatic heterocycles. The quantitative estimate of drug-likeness (QED) is 0.459. The van der Waals surface area contributed by atoms with E-state index < -0.39 is 0 Å². The first-order valence-corrected chi connectivity index (χ1v) is 7.35. The number of terminal acetylenes is 1. The second kappa shape index (κ2) is 9.71. The summed E-state index contributed by atoms with van der Waals surface area (Å²) in [6, 6.07) is 8.34. The van der Waals surface area contributed by atoms with E-state index in [9.17, 15) is 0 Å². The van der Waals surface area contributed by atoms with Gasteiger partial charge in [-0.15, -0.1) is 6.42 Å². The van der Waals surface area contributed by atoms with Crippen LogP contribution >= 0.6 is 0 Å². The molecule has 0 unspecified atom stereocenters. The smallest absolute Gasteiger partial charge is 0.191 e. The van der Waals surface area contributed by atoms with Crippen LogP contribution in [0.1, 0.15) is 26.3 Å². The zero-order valence-electron chi connectivity index (χ0n) is 13.1. The fourth-order valence-corrected chi connectivity index (χ4v) is 1.77. The third kappa shape index (κ3) is 7.26. The zero-order chi connectivity index (χ0) is 15.5. The summed E-state index contributed by atoms with van der Waals surface area (Å²) in [5, 5.41) is 6.53. The fraction of sp³-hybridized carbons (Fsp3) is 0.471. The highest BCUT2D eigenvalue weighted by Crippen LogP contribution is 2.12. The number of rotatable bonds is 7. The van der Waals surface area contributed by atoms with Crippen molar-refractivity contribution in [1.29, 1.82) is 0 Å². The van der Waals surface area contributed by atoms with Crippen molar-refractivity contribution in [2.24, 2.45) is 4.99 Å². The molecule has 1 aromatic rings. The summed E-state index contributed by atoms with van der Waals surface area (Å²) >= 11 is 0. The van der Waals surface area contributed by atoms with Crippen LogP contribution < -0.4 is 15.4 Å². The molecule has 1 aromatic carbocycles. The van der Waals surface area contributed by atoms with Gasteiger partial charge in [-0.2, -0.15) is 0 Å². The zero-order valence-corrected chi connectivity index (χ0v) is 13.1. The Morgan fingerprint density at radius 2 is 2.05 bits per heavy atom. The van der Waals surface area contributed by atoms with Crippen molar-refractivity contribution in [3.8, 4) is 18.1 Å². The van der Waals surface area contributed by atoms with Crippen LogP contribution in [0.4, 0.5) is 0 Å². The van der Waals surface area contributed by atoms with Gasteiger partial charge in [0.2, 0.25) is 0 Å². The maximum atomic E-state index is 5.34. The fourth-order valence-electron chi connectivity index (χ4n) is 1.77. The summed E-state index contributed by atoms with van der Waals surface area (Å²) in [6.45, 7) is 8.17. The van der Waals surface area contributed by atoms with Crippen LogP contribution in [-0.2, 0) is 6.42 Å². The number of ether oxygens (including phenoxy) is 1. The van der Waals surface area contributed by atoms with Crippen LogP contribution in [0.5, 0.6) is 5.75 Å². The predicted molar refractivity (Wildman–Crippen MR) is 88.7 cm³/mol. The third-order valence-electron chi connectivity index (χ3n) is 2.69. The van der Waals surface area contributed by atoms with Gasteiger partial charge in [0.1, 0.15) is 12.4 Å². The number of guanidine groups is 1. The van der Waals surface area contributed by atoms with E-state index in [0.717, 1.165) is 31.2 Å². The Bertz CT molecular complexity index is 472. The lowest BCUT2D eigenvalue weighted by atomic mass is 10.1. The first-order chi connectivity index (χ1) is 10.2. The molecule has 21 heavy (non-hydrogen) atoms. The molecule has 4 heteroatoms. The van der Waals surface area contributed by atoms with Gasteiger partial charge in [-0.1, -0.05) is 18.1 Å². The van der Waals surface area contributed by atoms with Crippen molar-refractivity contribution in [3.05, 3.63) is 29.8 Å². The van der Waals surface area contributed by atoms with E-state index in [-0.39, 0.29) is 0 Å². The molecule has 0 amide bonds. The molecule has 4 nitrogen and oxygen atoms in total. The molecule has 0 heterocycles. The first-order valence-electron chi connectivity index (χ1n) is 7.35. The first kappa shape index (κ1) is 16.9. The van der Waals surface area contributed by atoms with E-state index in [0.29, 0.717) is 12.6 Å². The molecule has 0 atom stereocenters. The molecule has 0 aliphatic rings. The topological polar surface area (TPSA) is 45.6 Å². The van der Waals surface area contributed by atoms with E-state index in [4.69, 9.17) is 11.2 Å². The highest BCUT2D eigenvalue weighted by atomic mass is 16.5. The number of nitrogens with zero attached hydrogens (tertiary/aromatic N) is 1. The van der Waals surface area contributed by atoms with Gasteiger partial charge in [0, 0.05) is 19.1 Å². The highest BCUT2D eigenvalue weighted by Gasteiger charge is 1.99. The van der Waals surface area contributed by atoms with E-state index in [1.165, 1.54) is 5.56 Å². The minimum atomic E-state index is 0.302. The number of benzene rings is 1. The summed E-state index contributed by atoms with van der Waals surface area (Å²) in [7, 11) is 0. The standard InChI is InChI=1S/C17H25N3O/c1-5-13-21-16-9-7-15(8-10-16)11-12-19-17(18-6-2)20-14(3)4/h1,7-10,14H,6,11-13H2,2-4H3,(H2,18,19,20). The molecule has 0 spiro atoms. The third-order valence-corrected chi connectivity index (χ3v) is 2.69. The predicted octanol–water partition coefficient (Wildman–Crippen LogP) is 2.20. The van der Waals surface area contributed by atoms with Gasteiger partial charge in [0.05, 0.1) is 0 Å². The Labute approximate surface area is 128 Å². The van der Waals surface area contributed by atoms with Gasteiger partial charge >= 0.3 is 0 Å². The van der Waals surface area contributed by atoms with Crippen LogP contribution in [0.15, 0.2) is 29.3 Å². The molecule has 114 valence electrons. The maximum Gasteiger partial charge on any atom is 0.191 e. The summed E-state index contributed by atoms with van der Waals surface area (Å²) < 4.78 is 5.34. The van der Waals surface area contributed by atoms with Gasteiger partial charge in [-0.25, -0.2) is 0 Å². The lowest BCUT2D eigenvalue weighted by molar-refractivity contribution is 0.370. The van der Waals surface area contributed by atoms with Crippen molar-refractivity contribution in [2.45, 2.75) is 33.2 Å². The van der Waals surface area contributed by atoms with Crippen molar-refractivity contribution in [1.82, 2.24) is 10.6 Å². The van der Waals surface area contributed by atoms with E-state index in [1.807, 2.05) is 24.3 Å². The Hall–Kier alpha value is -2.15. The Kier molecular flexibility index (Phi) is 7.81. The van der Waals surface area contributed by atoms with Gasteiger partial charge < -0.3 is 15.4 Å². The van der Waals surface area contributed by atoms with Gasteiger partial charge in [-0.3, -0.25) is 4.99 Å². The van der Waals surface area contributed by atoms with Crippen LogP contribution in [0, 0.1) is 12.3 Å². The van der Waals surface area contributed by atoms with Gasteiger partial charge in [0.15, 0.2) is 5.96 Å². The van der Waals surface area contributed by atoms with Crippen molar-refractivity contribution in [3.63, 3.8) is 0 Å². The second-order valence-corrected chi connectivity index (χ2v) is 4.95. The molecule has 0 aliphatic heterocycles. The van der Waals surface area contributed by atoms with E-state index >= 15 is 0 Å². The SMILES string of the molecule is C#CCOc1ccc(CCN=C(NCC)NC(C)C)cc1. The molecule has 1 rings (SSSR count). The molecule has 0 fully saturated rings. The molecular weight excluding hydrogens is 262 g/mol. The summed E-state index contributed by atoms with van der Waals surface area (Å²) in [6.07, 6.45) is 6.05. The Morgan fingerprint density at radius 3 is 2.62 bits per heavy atom. The Morgan fingerprint density at radius 1 is 1.33 bits per heavy atom. The van der Waals surface area contributed by atoms with Crippen molar-refractivity contribution in [2.75, 3.05) is 19.7 Å². The summed E-state index contributed by atoms with van der Waals surface area (Å²) in [5.41, 5.74) is 1.23. The Balaban J connectivity index is 2.47. The highest BCUT2D eigenvalue weighted by molar-refractivity contribution is 5.79. The maximum absolute atomic E-state index is 5.34. The number of aliphatic imine (C=N–C) groups is 1.